The molecule has 1 fully saturated rings. The summed E-state index contributed by atoms with van der Waals surface area (Å²) < 4.78 is 40.2. The lowest BCUT2D eigenvalue weighted by atomic mass is 10.0. The van der Waals surface area contributed by atoms with Gasteiger partial charge in [-0.1, -0.05) is 24.4 Å². The number of nitrogens with one attached hydrogen (secondary N) is 1. The highest BCUT2D eigenvalue weighted by atomic mass is 35.5. The lowest BCUT2D eigenvalue weighted by Crippen LogP contribution is -2.51. The van der Waals surface area contributed by atoms with Gasteiger partial charge in [0.05, 0.1) is 9.92 Å². The minimum Gasteiger partial charge on any atom is -0.329 e. The topological polar surface area (TPSA) is 72.2 Å². The van der Waals surface area contributed by atoms with Gasteiger partial charge in [0, 0.05) is 12.1 Å². The lowest BCUT2D eigenvalue weighted by Gasteiger charge is -2.28. The van der Waals surface area contributed by atoms with Crippen molar-refractivity contribution in [3.8, 4) is 0 Å². The summed E-state index contributed by atoms with van der Waals surface area (Å²) in [5.41, 5.74) is 5.11. The van der Waals surface area contributed by atoms with Crippen molar-refractivity contribution < 1.29 is 12.8 Å². The molecule has 0 amide bonds. The van der Waals surface area contributed by atoms with Gasteiger partial charge in [-0.3, -0.25) is 0 Å². The molecule has 0 radical (unpaired) electrons. The van der Waals surface area contributed by atoms with E-state index in [1.807, 2.05) is 0 Å². The van der Waals surface area contributed by atoms with Gasteiger partial charge in [0.2, 0.25) is 10.0 Å². The number of hydrogen-bond acceptors (Lipinski definition) is 3. The van der Waals surface area contributed by atoms with Crippen LogP contribution in [0.1, 0.15) is 25.7 Å². The minimum absolute atomic E-state index is 0.0429. The van der Waals surface area contributed by atoms with E-state index in [-0.39, 0.29) is 16.5 Å². The van der Waals surface area contributed by atoms with E-state index in [4.69, 9.17) is 17.3 Å². The summed E-state index contributed by atoms with van der Waals surface area (Å²) >= 11 is 5.61. The highest BCUT2D eigenvalue weighted by molar-refractivity contribution is 7.89. The molecule has 1 aliphatic rings. The molecule has 0 aromatic heterocycles. The Morgan fingerprint density at radius 1 is 1.37 bits per heavy atom. The van der Waals surface area contributed by atoms with E-state index in [9.17, 15) is 12.8 Å². The molecule has 2 rings (SSSR count). The summed E-state index contributed by atoms with van der Waals surface area (Å²) in [5.74, 6) is -0.643. The van der Waals surface area contributed by atoms with Gasteiger partial charge in [0.25, 0.3) is 0 Å². The van der Waals surface area contributed by atoms with Crippen molar-refractivity contribution in [1.82, 2.24) is 4.72 Å². The predicted molar refractivity (Wildman–Crippen MR) is 72.0 cm³/mol. The number of benzene rings is 1. The zero-order valence-corrected chi connectivity index (χ0v) is 11.9. The van der Waals surface area contributed by atoms with E-state index in [1.54, 1.807) is 0 Å². The number of hydrogen-bond donors (Lipinski definition) is 2. The normalized spacial score (nSPS) is 18.7. The highest BCUT2D eigenvalue weighted by Gasteiger charge is 2.36. The van der Waals surface area contributed by atoms with E-state index < -0.39 is 21.4 Å². The molecule has 0 bridgehead atoms. The molecule has 7 heteroatoms. The van der Waals surface area contributed by atoms with Crippen molar-refractivity contribution in [3.05, 3.63) is 29.0 Å². The Bertz CT molecular complexity index is 571. The summed E-state index contributed by atoms with van der Waals surface area (Å²) in [6.07, 6.45) is 3.34. The molecule has 0 aliphatic heterocycles. The van der Waals surface area contributed by atoms with Crippen molar-refractivity contribution in [2.24, 2.45) is 5.73 Å². The van der Waals surface area contributed by atoms with Crippen LogP contribution in [0.2, 0.25) is 5.02 Å². The Balaban J connectivity index is 2.29. The molecule has 0 heterocycles. The third-order valence-electron chi connectivity index (χ3n) is 3.50. The van der Waals surface area contributed by atoms with Crippen LogP contribution in [0.3, 0.4) is 0 Å². The van der Waals surface area contributed by atoms with Crippen LogP contribution in [-0.2, 0) is 10.0 Å². The Labute approximate surface area is 117 Å². The first-order chi connectivity index (χ1) is 8.88. The monoisotopic (exact) mass is 306 g/mol. The number of nitrogens with two attached hydrogens (primary N) is 1. The maximum Gasteiger partial charge on any atom is 0.241 e. The van der Waals surface area contributed by atoms with Crippen molar-refractivity contribution in [2.45, 2.75) is 36.1 Å². The van der Waals surface area contributed by atoms with Crippen LogP contribution in [0.25, 0.3) is 0 Å². The molecule has 0 atom stereocenters. The second-order valence-corrected chi connectivity index (χ2v) is 6.96. The van der Waals surface area contributed by atoms with Crippen molar-refractivity contribution >= 4 is 21.6 Å². The van der Waals surface area contributed by atoms with Gasteiger partial charge in [-0.2, -0.15) is 0 Å². The average Bonchev–Trinajstić information content (AvgIpc) is 2.81. The summed E-state index contributed by atoms with van der Waals surface area (Å²) in [4.78, 5) is -0.0429. The summed E-state index contributed by atoms with van der Waals surface area (Å²) in [7, 11) is -3.73. The first-order valence-electron chi connectivity index (χ1n) is 6.08. The van der Waals surface area contributed by atoms with Gasteiger partial charge in [-0.05, 0) is 31.0 Å². The Morgan fingerprint density at radius 3 is 2.53 bits per heavy atom. The molecule has 0 saturated heterocycles. The molecule has 0 spiro atoms. The molecule has 4 nitrogen and oxygen atoms in total. The smallest absolute Gasteiger partial charge is 0.241 e. The van der Waals surface area contributed by atoms with E-state index in [2.05, 4.69) is 4.72 Å². The molecular weight excluding hydrogens is 291 g/mol. The molecule has 19 heavy (non-hydrogen) atoms. The lowest BCUT2D eigenvalue weighted by molar-refractivity contribution is 0.399. The number of rotatable bonds is 4. The molecule has 1 aliphatic carbocycles. The summed E-state index contributed by atoms with van der Waals surface area (Å²) in [5, 5.41) is -0.212. The van der Waals surface area contributed by atoms with Gasteiger partial charge in [-0.25, -0.2) is 17.5 Å². The fourth-order valence-electron chi connectivity index (χ4n) is 2.39. The van der Waals surface area contributed by atoms with Crippen LogP contribution >= 0.6 is 11.6 Å². The minimum atomic E-state index is -3.73. The van der Waals surface area contributed by atoms with E-state index in [1.165, 1.54) is 6.07 Å². The fraction of sp³-hybridized carbons (Fsp3) is 0.500. The van der Waals surface area contributed by atoms with Gasteiger partial charge >= 0.3 is 0 Å². The molecule has 1 aromatic carbocycles. The average molecular weight is 307 g/mol. The zero-order chi connectivity index (χ0) is 14.1. The fourth-order valence-corrected chi connectivity index (χ4v) is 4.13. The maximum absolute atomic E-state index is 13.1. The van der Waals surface area contributed by atoms with Crippen LogP contribution in [0.5, 0.6) is 0 Å². The second-order valence-electron chi connectivity index (χ2n) is 4.87. The van der Waals surface area contributed by atoms with Crippen molar-refractivity contribution in [1.29, 1.82) is 0 Å². The summed E-state index contributed by atoms with van der Waals surface area (Å²) in [6, 6.07) is 3.35. The number of halogens is 2. The molecule has 3 N–H and O–H groups in total. The Hall–Kier alpha value is -0.690. The molecule has 106 valence electrons. The Morgan fingerprint density at radius 2 is 2.00 bits per heavy atom. The Kier molecular flexibility index (Phi) is 4.15. The van der Waals surface area contributed by atoms with Crippen molar-refractivity contribution in [3.63, 3.8) is 0 Å². The molecule has 1 aromatic rings. The standard InChI is InChI=1S/C12H16ClFN2O2S/c13-10-7-9(3-4-11(10)14)19(17,18)16-12(8-15)5-1-2-6-12/h3-4,7,16H,1-2,5-6,8,15H2. The molecular formula is C12H16ClFN2O2S. The first-order valence-corrected chi connectivity index (χ1v) is 7.94. The van der Waals surface area contributed by atoms with Gasteiger partial charge in [0.1, 0.15) is 5.82 Å². The largest absolute Gasteiger partial charge is 0.329 e. The van der Waals surface area contributed by atoms with E-state index in [0.29, 0.717) is 0 Å². The maximum atomic E-state index is 13.1. The van der Waals surface area contributed by atoms with Crippen LogP contribution in [0, 0.1) is 5.82 Å². The molecule has 0 unspecified atom stereocenters. The first kappa shape index (κ1) is 14.7. The van der Waals surface area contributed by atoms with Crippen LogP contribution in [0.15, 0.2) is 23.1 Å². The van der Waals surface area contributed by atoms with Gasteiger partial charge in [-0.15, -0.1) is 0 Å². The van der Waals surface area contributed by atoms with Gasteiger partial charge < -0.3 is 5.73 Å². The highest BCUT2D eigenvalue weighted by Crippen LogP contribution is 2.30. The quantitative estimate of drug-likeness (QED) is 0.894. The SMILES string of the molecule is NCC1(NS(=O)(=O)c2ccc(F)c(Cl)c2)CCCC1. The summed E-state index contributed by atoms with van der Waals surface area (Å²) in [6.45, 7) is 0.251. The van der Waals surface area contributed by atoms with Crippen LogP contribution < -0.4 is 10.5 Å². The predicted octanol–water partition coefficient (Wildman–Crippen LogP) is 2.03. The third-order valence-corrected chi connectivity index (χ3v) is 5.37. The van der Waals surface area contributed by atoms with E-state index >= 15 is 0 Å². The van der Waals surface area contributed by atoms with Crippen LogP contribution in [-0.4, -0.2) is 20.5 Å². The van der Waals surface area contributed by atoms with Gasteiger partial charge in [0.15, 0.2) is 0 Å². The number of sulfonamides is 1. The van der Waals surface area contributed by atoms with Crippen molar-refractivity contribution in [2.75, 3.05) is 6.54 Å². The van der Waals surface area contributed by atoms with Crippen LogP contribution in [0.4, 0.5) is 4.39 Å². The zero-order valence-electron chi connectivity index (χ0n) is 10.3. The van der Waals surface area contributed by atoms with E-state index in [0.717, 1.165) is 37.8 Å². The second kappa shape index (κ2) is 5.36. The molecule has 1 saturated carbocycles. The third kappa shape index (κ3) is 3.08.